The fourth-order valence-electron chi connectivity index (χ4n) is 2.87. The summed E-state index contributed by atoms with van der Waals surface area (Å²) in [5, 5.41) is 7.51. The summed E-state index contributed by atoms with van der Waals surface area (Å²) < 4.78 is 28.1. The zero-order chi connectivity index (χ0) is 15.0. The maximum Gasteiger partial charge on any atom is 0.260 e. The third-order valence-electron chi connectivity index (χ3n) is 4.05. The number of rotatable bonds is 3. The summed E-state index contributed by atoms with van der Waals surface area (Å²) in [6.45, 7) is 3.92. The monoisotopic (exact) mass is 291 g/mol. The smallest absolute Gasteiger partial charge is 0.260 e. The van der Waals surface area contributed by atoms with Gasteiger partial charge in [-0.25, -0.2) is 13.5 Å². The first kappa shape index (κ1) is 14.0. The minimum Gasteiger partial charge on any atom is -0.363 e. The lowest BCUT2D eigenvalue weighted by Crippen LogP contribution is -2.30. The van der Waals surface area contributed by atoms with Crippen LogP contribution in [0.4, 0.5) is 14.6 Å². The van der Waals surface area contributed by atoms with E-state index in [0.717, 1.165) is 17.7 Å². The van der Waals surface area contributed by atoms with Gasteiger partial charge in [0.1, 0.15) is 11.9 Å². The van der Waals surface area contributed by atoms with Crippen molar-refractivity contribution in [2.45, 2.75) is 45.2 Å². The summed E-state index contributed by atoms with van der Waals surface area (Å²) in [5.41, 5.74) is 3.05. The summed E-state index contributed by atoms with van der Waals surface area (Å²) in [6, 6.07) is 9.03. The highest BCUT2D eigenvalue weighted by Crippen LogP contribution is 2.38. The fourth-order valence-corrected chi connectivity index (χ4v) is 2.87. The molecule has 0 saturated heterocycles. The van der Waals surface area contributed by atoms with Crippen molar-refractivity contribution in [2.24, 2.45) is 0 Å². The largest absolute Gasteiger partial charge is 0.363 e. The van der Waals surface area contributed by atoms with Gasteiger partial charge < -0.3 is 5.32 Å². The number of hydrogen-bond acceptors (Lipinski definition) is 2. The first-order chi connectivity index (χ1) is 10.1. The van der Waals surface area contributed by atoms with Crippen molar-refractivity contribution in [3.05, 3.63) is 47.2 Å². The highest BCUT2D eigenvalue weighted by Gasteiger charge is 2.34. The molecule has 0 unspecified atom stereocenters. The molecule has 1 aliphatic heterocycles. The van der Waals surface area contributed by atoms with Gasteiger partial charge in [-0.2, -0.15) is 5.10 Å². The van der Waals surface area contributed by atoms with Crippen LogP contribution in [-0.2, 0) is 6.42 Å². The van der Waals surface area contributed by atoms with Crippen LogP contribution in [0.25, 0.3) is 0 Å². The Labute approximate surface area is 123 Å². The minimum absolute atomic E-state index is 0.0986. The molecule has 21 heavy (non-hydrogen) atoms. The lowest BCUT2D eigenvalue weighted by molar-refractivity contribution is 0.0657. The molecule has 112 valence electrons. The van der Waals surface area contributed by atoms with Gasteiger partial charge >= 0.3 is 0 Å². The molecule has 1 N–H and O–H groups in total. The number of aromatic nitrogens is 2. The van der Waals surface area contributed by atoms with Gasteiger partial charge in [0.2, 0.25) is 0 Å². The van der Waals surface area contributed by atoms with Gasteiger partial charge in [-0.3, -0.25) is 0 Å². The average Bonchev–Trinajstić information content (AvgIpc) is 2.86. The minimum atomic E-state index is -2.41. The molecule has 3 nitrogen and oxygen atoms in total. The number of alkyl halides is 2. The van der Waals surface area contributed by atoms with E-state index in [1.807, 2.05) is 25.1 Å². The molecule has 3 rings (SSSR count). The highest BCUT2D eigenvalue weighted by molar-refractivity contribution is 5.43. The van der Waals surface area contributed by atoms with Crippen LogP contribution in [0.3, 0.4) is 0 Å². The Balaban J connectivity index is 1.91. The van der Waals surface area contributed by atoms with Gasteiger partial charge in [0.05, 0.1) is 11.7 Å². The highest BCUT2D eigenvalue weighted by atomic mass is 19.3. The van der Waals surface area contributed by atoms with Gasteiger partial charge in [0, 0.05) is 6.07 Å². The molecule has 0 bridgehead atoms. The Kier molecular flexibility index (Phi) is 3.66. The van der Waals surface area contributed by atoms with E-state index in [1.54, 1.807) is 0 Å². The van der Waals surface area contributed by atoms with E-state index >= 15 is 0 Å². The number of benzene rings is 1. The van der Waals surface area contributed by atoms with E-state index in [9.17, 15) is 8.78 Å². The molecular weight excluding hydrogens is 272 g/mol. The zero-order valence-electron chi connectivity index (χ0n) is 12.2. The predicted octanol–water partition coefficient (Wildman–Crippen LogP) is 4.12. The van der Waals surface area contributed by atoms with Gasteiger partial charge in [-0.15, -0.1) is 0 Å². The lowest BCUT2D eigenvalue weighted by atomic mass is 9.96. The molecule has 5 heteroatoms. The molecule has 0 fully saturated rings. The fraction of sp³-hybridized carbons (Fsp3) is 0.438. The number of fused-ring (bicyclic) bond motifs is 1. The lowest BCUT2D eigenvalue weighted by Gasteiger charge is -2.32. The Morgan fingerprint density at radius 1 is 1.33 bits per heavy atom. The molecule has 0 radical (unpaired) electrons. The molecule has 1 aromatic heterocycles. The van der Waals surface area contributed by atoms with E-state index in [-0.39, 0.29) is 6.04 Å². The second-order valence-corrected chi connectivity index (χ2v) is 5.55. The van der Waals surface area contributed by atoms with Crippen LogP contribution >= 0.6 is 0 Å². The second kappa shape index (κ2) is 5.47. The maximum absolute atomic E-state index is 13.3. The van der Waals surface area contributed by atoms with E-state index in [0.29, 0.717) is 12.2 Å². The molecule has 0 amide bonds. The number of hydrogen-bond donors (Lipinski definition) is 1. The predicted molar refractivity (Wildman–Crippen MR) is 78.8 cm³/mol. The van der Waals surface area contributed by atoms with Crippen molar-refractivity contribution in [3.63, 3.8) is 0 Å². The molecule has 2 aromatic rings. The van der Waals surface area contributed by atoms with Crippen LogP contribution in [0.2, 0.25) is 0 Å². The number of halogens is 2. The van der Waals surface area contributed by atoms with E-state index in [4.69, 9.17) is 0 Å². The van der Waals surface area contributed by atoms with Crippen LogP contribution in [-0.4, -0.2) is 16.2 Å². The maximum atomic E-state index is 13.3. The summed E-state index contributed by atoms with van der Waals surface area (Å²) in [6.07, 6.45) is -1.09. The SMILES string of the molecule is CCc1ccc([C@@H]2C[C@H](C(F)F)n3nc(C)cc3N2)cc1. The Morgan fingerprint density at radius 2 is 2.05 bits per heavy atom. The molecule has 2 atom stereocenters. The summed E-state index contributed by atoms with van der Waals surface area (Å²) in [7, 11) is 0. The van der Waals surface area contributed by atoms with Crippen molar-refractivity contribution in [1.29, 1.82) is 0 Å². The topological polar surface area (TPSA) is 29.9 Å². The van der Waals surface area contributed by atoms with E-state index < -0.39 is 12.5 Å². The third kappa shape index (κ3) is 2.64. The molecule has 0 spiro atoms. The molecule has 1 aromatic carbocycles. The molecule has 1 aliphatic rings. The third-order valence-corrected chi connectivity index (χ3v) is 4.05. The van der Waals surface area contributed by atoms with Gasteiger partial charge in [-0.1, -0.05) is 31.2 Å². The quantitative estimate of drug-likeness (QED) is 0.922. The molecule has 2 heterocycles. The molecule has 0 saturated carbocycles. The van der Waals surface area contributed by atoms with Crippen molar-refractivity contribution < 1.29 is 8.78 Å². The van der Waals surface area contributed by atoms with Crippen LogP contribution in [0.15, 0.2) is 30.3 Å². The van der Waals surface area contributed by atoms with Crippen LogP contribution in [0.5, 0.6) is 0 Å². The number of nitrogens with zero attached hydrogens (tertiary/aromatic N) is 2. The zero-order valence-corrected chi connectivity index (χ0v) is 12.2. The number of nitrogens with one attached hydrogen (secondary N) is 1. The summed E-state index contributed by atoms with van der Waals surface area (Å²) in [4.78, 5) is 0. The first-order valence-electron chi connectivity index (χ1n) is 7.28. The number of aryl methyl sites for hydroxylation is 2. The van der Waals surface area contributed by atoms with Crippen LogP contribution in [0.1, 0.15) is 42.2 Å². The normalized spacial score (nSPS) is 21.2. The van der Waals surface area contributed by atoms with Crippen molar-refractivity contribution in [3.8, 4) is 0 Å². The summed E-state index contributed by atoms with van der Waals surface area (Å²) in [5.74, 6) is 0.675. The van der Waals surface area contributed by atoms with Gasteiger partial charge in [0.15, 0.2) is 0 Å². The Hall–Kier alpha value is -1.91. The van der Waals surface area contributed by atoms with E-state index in [1.165, 1.54) is 10.2 Å². The second-order valence-electron chi connectivity index (χ2n) is 5.55. The summed E-state index contributed by atoms with van der Waals surface area (Å²) >= 11 is 0. The van der Waals surface area contributed by atoms with Crippen molar-refractivity contribution in [1.82, 2.24) is 9.78 Å². The van der Waals surface area contributed by atoms with Crippen molar-refractivity contribution in [2.75, 3.05) is 5.32 Å². The van der Waals surface area contributed by atoms with Crippen LogP contribution < -0.4 is 5.32 Å². The van der Waals surface area contributed by atoms with Crippen molar-refractivity contribution >= 4 is 5.82 Å². The average molecular weight is 291 g/mol. The van der Waals surface area contributed by atoms with Gasteiger partial charge in [0.25, 0.3) is 6.43 Å². The Bertz CT molecular complexity index is 619. The molecule has 0 aliphatic carbocycles. The van der Waals surface area contributed by atoms with Gasteiger partial charge in [-0.05, 0) is 30.9 Å². The first-order valence-corrected chi connectivity index (χ1v) is 7.28. The number of anilines is 1. The van der Waals surface area contributed by atoms with E-state index in [2.05, 4.69) is 29.5 Å². The standard InChI is InChI=1S/C16H19F2N3/c1-3-11-4-6-12(7-5-11)13-9-14(16(17)18)21-15(19-13)8-10(2)20-21/h4-8,13-14,16,19H,3,9H2,1-2H3/t13-,14+/m0/s1. The van der Waals surface area contributed by atoms with Crippen LogP contribution in [0, 0.1) is 6.92 Å². The molecular formula is C16H19F2N3. The Morgan fingerprint density at radius 3 is 2.67 bits per heavy atom.